The second-order valence-electron chi connectivity index (χ2n) is 5.54. The molecule has 102 valence electrons. The van der Waals surface area contributed by atoms with Gasteiger partial charge in [-0.1, -0.05) is 32.4 Å². The Hall–Kier alpha value is -0.640. The second kappa shape index (κ2) is 7.07. The molecule has 0 aliphatic carbocycles. The van der Waals surface area contributed by atoms with E-state index >= 15 is 0 Å². The molecule has 0 atom stereocenters. The predicted molar refractivity (Wildman–Crippen MR) is 77.7 cm³/mol. The van der Waals surface area contributed by atoms with Crippen LogP contribution in [0.15, 0.2) is 18.3 Å². The van der Waals surface area contributed by atoms with Crippen molar-refractivity contribution in [2.45, 2.75) is 33.7 Å². The minimum Gasteiger partial charge on any atom is -0.330 e. The third kappa shape index (κ3) is 5.34. The molecule has 1 aromatic rings. The van der Waals surface area contributed by atoms with Crippen LogP contribution in [0.2, 0.25) is 5.02 Å². The molecule has 1 rings (SSSR count). The van der Waals surface area contributed by atoms with E-state index in [2.05, 4.69) is 30.7 Å². The normalized spacial score (nSPS) is 12.1. The zero-order chi connectivity index (χ0) is 13.6. The first-order chi connectivity index (χ1) is 8.46. The zero-order valence-electron chi connectivity index (χ0n) is 11.6. The Morgan fingerprint density at radius 2 is 2.17 bits per heavy atom. The van der Waals surface area contributed by atoms with Gasteiger partial charge in [0.05, 0.1) is 5.69 Å². The Balaban J connectivity index is 2.68. The molecule has 0 aliphatic heterocycles. The van der Waals surface area contributed by atoms with Crippen LogP contribution in [0, 0.1) is 5.41 Å². The van der Waals surface area contributed by atoms with Crippen LogP contribution >= 0.6 is 11.6 Å². The van der Waals surface area contributed by atoms with E-state index in [0.29, 0.717) is 6.54 Å². The maximum Gasteiger partial charge on any atom is 0.0558 e. The molecule has 0 fully saturated rings. The third-order valence-electron chi connectivity index (χ3n) is 2.91. The quantitative estimate of drug-likeness (QED) is 0.828. The maximum absolute atomic E-state index is 5.99. The molecular weight excluding hydrogens is 246 g/mol. The Bertz CT molecular complexity index is 366. The van der Waals surface area contributed by atoms with Crippen molar-refractivity contribution in [1.29, 1.82) is 0 Å². The third-order valence-corrected chi connectivity index (χ3v) is 3.14. The van der Waals surface area contributed by atoms with Crippen LogP contribution < -0.4 is 5.73 Å². The van der Waals surface area contributed by atoms with Crippen molar-refractivity contribution in [2.75, 3.05) is 19.6 Å². The van der Waals surface area contributed by atoms with Crippen molar-refractivity contribution >= 4 is 11.6 Å². The van der Waals surface area contributed by atoms with E-state index in [1.807, 2.05) is 6.07 Å². The molecule has 2 N–H and O–H groups in total. The number of halogens is 1. The number of nitrogens with zero attached hydrogens (tertiary/aromatic N) is 2. The van der Waals surface area contributed by atoms with Gasteiger partial charge in [0.2, 0.25) is 0 Å². The summed E-state index contributed by atoms with van der Waals surface area (Å²) in [7, 11) is 0. The van der Waals surface area contributed by atoms with Gasteiger partial charge in [-0.3, -0.25) is 9.88 Å². The first kappa shape index (κ1) is 15.4. The molecule has 18 heavy (non-hydrogen) atoms. The number of aromatic nitrogens is 1. The summed E-state index contributed by atoms with van der Waals surface area (Å²) in [6.45, 7) is 10.1. The number of rotatable bonds is 7. The number of hydrogen-bond acceptors (Lipinski definition) is 3. The molecule has 0 aromatic carbocycles. The van der Waals surface area contributed by atoms with E-state index in [1.54, 1.807) is 12.3 Å². The van der Waals surface area contributed by atoms with Gasteiger partial charge in [-0.05, 0) is 37.1 Å². The van der Waals surface area contributed by atoms with E-state index in [0.717, 1.165) is 36.8 Å². The molecule has 0 saturated heterocycles. The number of hydrogen-bond donors (Lipinski definition) is 1. The van der Waals surface area contributed by atoms with Gasteiger partial charge in [-0.25, -0.2) is 0 Å². The molecule has 3 nitrogen and oxygen atoms in total. The van der Waals surface area contributed by atoms with Crippen LogP contribution in [0.25, 0.3) is 0 Å². The van der Waals surface area contributed by atoms with Gasteiger partial charge >= 0.3 is 0 Å². The second-order valence-corrected chi connectivity index (χ2v) is 5.98. The summed E-state index contributed by atoms with van der Waals surface area (Å²) in [6.07, 6.45) is 2.89. The molecule has 0 aliphatic rings. The van der Waals surface area contributed by atoms with Gasteiger partial charge < -0.3 is 5.73 Å². The Morgan fingerprint density at radius 3 is 2.72 bits per heavy atom. The fourth-order valence-corrected chi connectivity index (χ4v) is 2.15. The highest BCUT2D eigenvalue weighted by atomic mass is 35.5. The largest absolute Gasteiger partial charge is 0.330 e. The van der Waals surface area contributed by atoms with Crippen molar-refractivity contribution in [3.8, 4) is 0 Å². The monoisotopic (exact) mass is 269 g/mol. The number of pyridine rings is 1. The van der Waals surface area contributed by atoms with Gasteiger partial charge in [0.1, 0.15) is 0 Å². The van der Waals surface area contributed by atoms with E-state index in [9.17, 15) is 0 Å². The van der Waals surface area contributed by atoms with E-state index in [-0.39, 0.29) is 5.41 Å². The van der Waals surface area contributed by atoms with Crippen molar-refractivity contribution < 1.29 is 0 Å². The van der Waals surface area contributed by atoms with Crippen LogP contribution in [0.4, 0.5) is 0 Å². The van der Waals surface area contributed by atoms with E-state index in [1.165, 1.54) is 0 Å². The summed E-state index contributed by atoms with van der Waals surface area (Å²) in [4.78, 5) is 6.75. The average molecular weight is 270 g/mol. The predicted octanol–water partition coefficient (Wildman–Crippen LogP) is 2.93. The fourth-order valence-electron chi connectivity index (χ4n) is 1.96. The van der Waals surface area contributed by atoms with Gasteiger partial charge in [0, 0.05) is 24.3 Å². The lowest BCUT2D eigenvalue weighted by atomic mass is 9.93. The van der Waals surface area contributed by atoms with Crippen LogP contribution in [0.3, 0.4) is 0 Å². The Kier molecular flexibility index (Phi) is 6.06. The Labute approximate surface area is 115 Å². The topological polar surface area (TPSA) is 42.2 Å². The molecule has 4 heteroatoms. The molecule has 0 radical (unpaired) electrons. The van der Waals surface area contributed by atoms with Crippen LogP contribution in [-0.4, -0.2) is 29.5 Å². The highest BCUT2D eigenvalue weighted by molar-refractivity contribution is 6.30. The molecule has 1 heterocycles. The molecule has 0 saturated carbocycles. The fraction of sp³-hybridized carbons (Fsp3) is 0.643. The summed E-state index contributed by atoms with van der Waals surface area (Å²) in [5, 5.41) is 0.745. The van der Waals surface area contributed by atoms with Crippen LogP contribution in [0.5, 0.6) is 0 Å². The lowest BCUT2D eigenvalue weighted by Gasteiger charge is -2.31. The lowest BCUT2D eigenvalue weighted by molar-refractivity contribution is 0.174. The molecule has 1 aromatic heterocycles. The van der Waals surface area contributed by atoms with Gasteiger partial charge in [-0.15, -0.1) is 0 Å². The molecule has 0 bridgehead atoms. The van der Waals surface area contributed by atoms with Crippen molar-refractivity contribution in [3.05, 3.63) is 29.0 Å². The van der Waals surface area contributed by atoms with Crippen molar-refractivity contribution in [1.82, 2.24) is 9.88 Å². The van der Waals surface area contributed by atoms with Gasteiger partial charge in [-0.2, -0.15) is 0 Å². The molecule has 0 amide bonds. The lowest BCUT2D eigenvalue weighted by Crippen LogP contribution is -2.39. The van der Waals surface area contributed by atoms with Crippen LogP contribution in [0.1, 0.15) is 32.9 Å². The maximum atomic E-state index is 5.99. The summed E-state index contributed by atoms with van der Waals surface area (Å²) >= 11 is 5.99. The first-order valence-electron chi connectivity index (χ1n) is 6.49. The zero-order valence-corrected chi connectivity index (χ0v) is 12.4. The highest BCUT2D eigenvalue weighted by Gasteiger charge is 2.20. The standard InChI is InChI=1S/C14H24ClN3/c1-4-7-18(11-14(2,3)10-16)9-13-8-12(15)5-6-17-13/h5-6,8H,4,7,9-11,16H2,1-3H3. The SMILES string of the molecule is CCCN(Cc1cc(Cl)ccn1)CC(C)(C)CN. The molecular formula is C14H24ClN3. The minimum atomic E-state index is 0.133. The smallest absolute Gasteiger partial charge is 0.0558 e. The summed E-state index contributed by atoms with van der Waals surface area (Å²) in [5.74, 6) is 0. The van der Waals surface area contributed by atoms with Gasteiger partial charge in [0.25, 0.3) is 0 Å². The van der Waals surface area contributed by atoms with Crippen molar-refractivity contribution in [2.24, 2.45) is 11.1 Å². The first-order valence-corrected chi connectivity index (χ1v) is 6.87. The average Bonchev–Trinajstić information content (AvgIpc) is 2.29. The van der Waals surface area contributed by atoms with E-state index in [4.69, 9.17) is 17.3 Å². The highest BCUT2D eigenvalue weighted by Crippen LogP contribution is 2.17. The van der Waals surface area contributed by atoms with Gasteiger partial charge in [0.15, 0.2) is 0 Å². The number of nitrogens with two attached hydrogens (primary N) is 1. The summed E-state index contributed by atoms with van der Waals surface area (Å²) in [6, 6.07) is 3.73. The minimum absolute atomic E-state index is 0.133. The Morgan fingerprint density at radius 1 is 1.44 bits per heavy atom. The molecule has 0 unspecified atom stereocenters. The summed E-state index contributed by atoms with van der Waals surface area (Å²) < 4.78 is 0. The van der Waals surface area contributed by atoms with Crippen molar-refractivity contribution in [3.63, 3.8) is 0 Å². The van der Waals surface area contributed by atoms with E-state index < -0.39 is 0 Å². The molecule has 0 spiro atoms. The summed E-state index contributed by atoms with van der Waals surface area (Å²) in [5.41, 5.74) is 6.95. The van der Waals surface area contributed by atoms with Crippen LogP contribution in [-0.2, 0) is 6.54 Å².